The Hall–Kier alpha value is -2.44. The number of anilines is 2. The Labute approximate surface area is 130 Å². The second-order valence-corrected chi connectivity index (χ2v) is 5.56. The van der Waals surface area contributed by atoms with E-state index in [1.54, 1.807) is 24.8 Å². The first kappa shape index (κ1) is 14.5. The van der Waals surface area contributed by atoms with Crippen LogP contribution in [0.3, 0.4) is 0 Å². The zero-order valence-corrected chi connectivity index (χ0v) is 12.9. The van der Waals surface area contributed by atoms with Crippen LogP contribution in [-0.4, -0.2) is 53.7 Å². The fraction of sp³-hybridized carbons (Fsp3) is 0.467. The molecule has 1 unspecified atom stereocenters. The fourth-order valence-corrected chi connectivity index (χ4v) is 2.45. The topological polar surface area (TPSA) is 67.3 Å². The van der Waals surface area contributed by atoms with Gasteiger partial charge in [-0.2, -0.15) is 4.98 Å². The first-order valence-electron chi connectivity index (χ1n) is 7.36. The van der Waals surface area contributed by atoms with Crippen molar-refractivity contribution in [2.24, 2.45) is 5.92 Å². The Morgan fingerprint density at radius 2 is 2.18 bits per heavy atom. The van der Waals surface area contributed by atoms with E-state index >= 15 is 0 Å². The van der Waals surface area contributed by atoms with Crippen molar-refractivity contribution in [2.45, 2.75) is 6.42 Å². The molecule has 7 heteroatoms. The van der Waals surface area contributed by atoms with Gasteiger partial charge in [0.05, 0.1) is 12.8 Å². The molecule has 0 bridgehead atoms. The molecule has 0 radical (unpaired) electrons. The van der Waals surface area contributed by atoms with Crippen LogP contribution in [-0.2, 0) is 0 Å². The normalized spacial score (nSPS) is 17.5. The highest BCUT2D eigenvalue weighted by atomic mass is 16.5. The average molecular weight is 300 g/mol. The van der Waals surface area contributed by atoms with Crippen LogP contribution in [0.4, 0.5) is 11.8 Å². The molecule has 1 aliphatic heterocycles. The van der Waals surface area contributed by atoms with Gasteiger partial charge in [-0.1, -0.05) is 0 Å². The fourth-order valence-electron chi connectivity index (χ4n) is 2.45. The van der Waals surface area contributed by atoms with Crippen molar-refractivity contribution >= 4 is 11.8 Å². The molecule has 3 heterocycles. The van der Waals surface area contributed by atoms with Crippen LogP contribution < -0.4 is 14.5 Å². The van der Waals surface area contributed by atoms with Crippen molar-refractivity contribution in [2.75, 3.05) is 43.6 Å². The predicted molar refractivity (Wildman–Crippen MR) is 84.2 cm³/mol. The number of rotatable bonds is 5. The van der Waals surface area contributed by atoms with Crippen LogP contribution in [0.5, 0.6) is 5.88 Å². The van der Waals surface area contributed by atoms with Crippen molar-refractivity contribution in [3.8, 4) is 5.88 Å². The number of hydrogen-bond acceptors (Lipinski definition) is 7. The highest BCUT2D eigenvalue weighted by molar-refractivity contribution is 5.42. The van der Waals surface area contributed by atoms with Crippen LogP contribution in [0.2, 0.25) is 0 Å². The summed E-state index contributed by atoms with van der Waals surface area (Å²) < 4.78 is 5.69. The maximum atomic E-state index is 5.69. The molecule has 0 aliphatic carbocycles. The molecule has 1 fully saturated rings. The molecule has 0 spiro atoms. The Kier molecular flexibility index (Phi) is 4.32. The van der Waals surface area contributed by atoms with Gasteiger partial charge in [0.2, 0.25) is 11.8 Å². The van der Waals surface area contributed by atoms with Crippen molar-refractivity contribution in [1.29, 1.82) is 0 Å². The molecule has 116 valence electrons. The lowest BCUT2D eigenvalue weighted by Crippen LogP contribution is -2.24. The van der Waals surface area contributed by atoms with E-state index < -0.39 is 0 Å². The molecule has 1 saturated heterocycles. The second-order valence-electron chi connectivity index (χ2n) is 5.56. The summed E-state index contributed by atoms with van der Waals surface area (Å²) in [5.41, 5.74) is 0. The number of nitrogens with zero attached hydrogens (tertiary/aromatic N) is 6. The Balaban J connectivity index is 1.57. The smallest absolute Gasteiger partial charge is 0.232 e. The summed E-state index contributed by atoms with van der Waals surface area (Å²) in [5, 5.41) is 0. The maximum absolute atomic E-state index is 5.69. The summed E-state index contributed by atoms with van der Waals surface area (Å²) in [6.45, 7) is 2.49. The second kappa shape index (κ2) is 6.55. The summed E-state index contributed by atoms with van der Waals surface area (Å²) in [5.74, 6) is 2.73. The minimum absolute atomic E-state index is 0.452. The lowest BCUT2D eigenvalue weighted by atomic mass is 10.1. The Morgan fingerprint density at radius 3 is 2.95 bits per heavy atom. The van der Waals surface area contributed by atoms with Crippen molar-refractivity contribution in [3.63, 3.8) is 0 Å². The van der Waals surface area contributed by atoms with Crippen molar-refractivity contribution in [1.82, 2.24) is 19.9 Å². The largest absolute Gasteiger partial charge is 0.476 e. The van der Waals surface area contributed by atoms with Crippen LogP contribution in [0.15, 0.2) is 30.9 Å². The summed E-state index contributed by atoms with van der Waals surface area (Å²) in [4.78, 5) is 21.3. The lowest BCUT2D eigenvalue weighted by molar-refractivity contribution is 0.251. The Bertz CT molecular complexity index is 606. The number of aromatic nitrogens is 4. The first-order chi connectivity index (χ1) is 10.7. The van der Waals surface area contributed by atoms with E-state index in [2.05, 4.69) is 24.8 Å². The van der Waals surface area contributed by atoms with Gasteiger partial charge in [-0.25, -0.2) is 9.97 Å². The van der Waals surface area contributed by atoms with Gasteiger partial charge in [-0.3, -0.25) is 4.98 Å². The lowest BCUT2D eigenvalue weighted by Gasteiger charge is -2.18. The molecular weight excluding hydrogens is 280 g/mol. The van der Waals surface area contributed by atoms with E-state index in [0.717, 1.165) is 31.3 Å². The molecule has 2 aromatic rings. The molecule has 0 aromatic carbocycles. The van der Waals surface area contributed by atoms with Gasteiger partial charge < -0.3 is 14.5 Å². The summed E-state index contributed by atoms with van der Waals surface area (Å²) in [6.07, 6.45) is 7.78. The van der Waals surface area contributed by atoms with Gasteiger partial charge in [0.25, 0.3) is 0 Å². The summed E-state index contributed by atoms with van der Waals surface area (Å²) in [7, 11) is 3.96. The molecule has 0 N–H and O–H groups in total. The molecule has 1 aliphatic rings. The van der Waals surface area contributed by atoms with Gasteiger partial charge in [0, 0.05) is 51.7 Å². The third kappa shape index (κ3) is 3.41. The molecule has 3 rings (SSSR count). The molecule has 2 aromatic heterocycles. The van der Waals surface area contributed by atoms with E-state index in [0.29, 0.717) is 18.4 Å². The van der Waals surface area contributed by atoms with E-state index in [1.807, 2.05) is 25.1 Å². The third-order valence-electron chi connectivity index (χ3n) is 3.66. The van der Waals surface area contributed by atoms with E-state index in [-0.39, 0.29) is 0 Å². The first-order valence-corrected chi connectivity index (χ1v) is 7.36. The van der Waals surface area contributed by atoms with Crippen molar-refractivity contribution < 1.29 is 4.74 Å². The molecule has 7 nitrogen and oxygen atoms in total. The van der Waals surface area contributed by atoms with E-state index in [1.165, 1.54) is 0 Å². The SMILES string of the molecule is CN(C)c1ccnc(N2CCC(COc3cnccn3)C2)n1. The highest BCUT2D eigenvalue weighted by Crippen LogP contribution is 2.22. The van der Waals surface area contributed by atoms with Crippen LogP contribution >= 0.6 is 0 Å². The predicted octanol–water partition coefficient (Wildman–Crippen LogP) is 1.24. The molecule has 1 atom stereocenters. The van der Waals surface area contributed by atoms with Crippen molar-refractivity contribution in [3.05, 3.63) is 30.9 Å². The van der Waals surface area contributed by atoms with Gasteiger partial charge >= 0.3 is 0 Å². The standard InChI is InChI=1S/C15H20N6O/c1-20(2)13-3-5-18-15(19-13)21-8-4-12(10-21)11-22-14-9-16-6-7-17-14/h3,5-7,9,12H,4,8,10-11H2,1-2H3. The quantitative estimate of drug-likeness (QED) is 0.823. The summed E-state index contributed by atoms with van der Waals surface area (Å²) >= 11 is 0. The summed E-state index contributed by atoms with van der Waals surface area (Å²) in [6, 6.07) is 1.91. The number of ether oxygens (including phenoxy) is 1. The molecular formula is C15H20N6O. The molecule has 22 heavy (non-hydrogen) atoms. The van der Waals surface area contributed by atoms with E-state index in [4.69, 9.17) is 4.74 Å². The molecule has 0 saturated carbocycles. The van der Waals surface area contributed by atoms with Gasteiger partial charge in [0.15, 0.2) is 0 Å². The Morgan fingerprint density at radius 1 is 1.27 bits per heavy atom. The van der Waals surface area contributed by atoms with Gasteiger partial charge in [-0.05, 0) is 12.5 Å². The maximum Gasteiger partial charge on any atom is 0.232 e. The van der Waals surface area contributed by atoms with E-state index in [9.17, 15) is 0 Å². The highest BCUT2D eigenvalue weighted by Gasteiger charge is 2.25. The van der Waals surface area contributed by atoms with Gasteiger partial charge in [-0.15, -0.1) is 0 Å². The minimum Gasteiger partial charge on any atom is -0.476 e. The monoisotopic (exact) mass is 300 g/mol. The van der Waals surface area contributed by atoms with Gasteiger partial charge in [0.1, 0.15) is 5.82 Å². The zero-order valence-electron chi connectivity index (χ0n) is 12.9. The molecule has 0 amide bonds. The van der Waals surface area contributed by atoms with Crippen LogP contribution in [0.1, 0.15) is 6.42 Å². The minimum atomic E-state index is 0.452. The van der Waals surface area contributed by atoms with Crippen LogP contribution in [0, 0.1) is 5.92 Å². The number of hydrogen-bond donors (Lipinski definition) is 0. The van der Waals surface area contributed by atoms with Crippen LogP contribution in [0.25, 0.3) is 0 Å². The average Bonchev–Trinajstić information content (AvgIpc) is 3.03. The third-order valence-corrected chi connectivity index (χ3v) is 3.66. The zero-order chi connectivity index (χ0) is 15.4.